The van der Waals surface area contributed by atoms with Crippen molar-refractivity contribution in [1.82, 2.24) is 25.5 Å². The molecule has 0 saturated carbocycles. The van der Waals surface area contributed by atoms with E-state index in [1.807, 2.05) is 0 Å². The molecule has 104 valence electrons. The van der Waals surface area contributed by atoms with E-state index < -0.39 is 0 Å². The average Bonchev–Trinajstić information content (AvgIpc) is 3.03. The Morgan fingerprint density at radius 3 is 2.71 bits per heavy atom. The lowest BCUT2D eigenvalue weighted by Gasteiger charge is -2.01. The van der Waals surface area contributed by atoms with Crippen LogP contribution in [0.1, 0.15) is 16.2 Å². The van der Waals surface area contributed by atoms with E-state index in [1.165, 1.54) is 6.20 Å². The van der Waals surface area contributed by atoms with Gasteiger partial charge in [0.2, 0.25) is 11.8 Å². The van der Waals surface area contributed by atoms with Crippen LogP contribution in [-0.4, -0.2) is 26.1 Å². The zero-order chi connectivity index (χ0) is 14.5. The topological polar surface area (TPSA) is 93.8 Å². The van der Waals surface area contributed by atoms with Gasteiger partial charge in [0.15, 0.2) is 0 Å². The number of amides is 1. The second kappa shape index (κ2) is 5.91. The summed E-state index contributed by atoms with van der Waals surface area (Å²) in [5.74, 6) is 0.480. The number of nitrogens with one attached hydrogen (secondary N) is 1. The van der Waals surface area contributed by atoms with Crippen molar-refractivity contribution in [3.63, 3.8) is 0 Å². The highest BCUT2D eigenvalue weighted by Crippen LogP contribution is 2.15. The second-order valence-electron chi connectivity index (χ2n) is 4.16. The first-order chi connectivity index (χ1) is 10.3. The van der Waals surface area contributed by atoms with Crippen LogP contribution in [0, 0.1) is 0 Å². The van der Waals surface area contributed by atoms with Gasteiger partial charge < -0.3 is 9.73 Å². The fraction of sp³-hybridized carbons (Fsp3) is 0.0714. The summed E-state index contributed by atoms with van der Waals surface area (Å²) >= 11 is 0. The predicted octanol–water partition coefficient (Wildman–Crippen LogP) is 1.46. The zero-order valence-electron chi connectivity index (χ0n) is 10.9. The van der Waals surface area contributed by atoms with Gasteiger partial charge in [-0.3, -0.25) is 14.8 Å². The number of aromatic nitrogens is 4. The lowest BCUT2D eigenvalue weighted by molar-refractivity contribution is 0.0947. The Morgan fingerprint density at radius 2 is 1.95 bits per heavy atom. The molecule has 1 amide bonds. The molecule has 3 aromatic heterocycles. The Morgan fingerprint density at radius 1 is 1.10 bits per heavy atom. The maximum Gasteiger partial charge on any atom is 0.253 e. The van der Waals surface area contributed by atoms with Gasteiger partial charge in [-0.15, -0.1) is 10.2 Å². The number of hydrogen-bond donors (Lipinski definition) is 1. The van der Waals surface area contributed by atoms with Crippen molar-refractivity contribution in [3.05, 3.63) is 60.5 Å². The van der Waals surface area contributed by atoms with Crippen molar-refractivity contribution >= 4 is 5.91 Å². The van der Waals surface area contributed by atoms with E-state index >= 15 is 0 Å². The van der Waals surface area contributed by atoms with Crippen LogP contribution in [0.5, 0.6) is 0 Å². The molecule has 0 unspecified atom stereocenters. The standard InChI is InChI=1S/C14H11N5O2/c20-13(11-2-1-5-16-8-11)17-9-12-18-19-14(21-12)10-3-6-15-7-4-10/h1-8H,9H2,(H,17,20). The van der Waals surface area contributed by atoms with Crippen molar-refractivity contribution in [3.8, 4) is 11.5 Å². The second-order valence-corrected chi connectivity index (χ2v) is 4.16. The highest BCUT2D eigenvalue weighted by Gasteiger charge is 2.10. The first-order valence-corrected chi connectivity index (χ1v) is 6.24. The molecule has 7 nitrogen and oxygen atoms in total. The molecule has 3 rings (SSSR count). The number of rotatable bonds is 4. The van der Waals surface area contributed by atoms with Gasteiger partial charge in [0.25, 0.3) is 5.91 Å². The minimum absolute atomic E-state index is 0.159. The minimum atomic E-state index is -0.244. The highest BCUT2D eigenvalue weighted by molar-refractivity contribution is 5.93. The molecule has 0 aromatic carbocycles. The molecule has 0 aliphatic carbocycles. The van der Waals surface area contributed by atoms with Crippen LogP contribution in [-0.2, 0) is 6.54 Å². The predicted molar refractivity (Wildman–Crippen MR) is 72.9 cm³/mol. The molecule has 0 bridgehead atoms. The number of hydrogen-bond acceptors (Lipinski definition) is 6. The molecule has 0 saturated heterocycles. The van der Waals surface area contributed by atoms with Gasteiger partial charge >= 0.3 is 0 Å². The monoisotopic (exact) mass is 281 g/mol. The Balaban J connectivity index is 1.64. The summed E-state index contributed by atoms with van der Waals surface area (Å²) in [6, 6.07) is 6.92. The maximum absolute atomic E-state index is 11.8. The third-order valence-corrected chi connectivity index (χ3v) is 2.72. The van der Waals surface area contributed by atoms with Crippen molar-refractivity contribution in [2.75, 3.05) is 0 Å². The summed E-state index contributed by atoms with van der Waals surface area (Å²) in [5.41, 5.74) is 1.26. The number of carbonyl (C=O) groups is 1. The van der Waals surface area contributed by atoms with Crippen LogP contribution in [0.2, 0.25) is 0 Å². The summed E-state index contributed by atoms with van der Waals surface area (Å²) in [6.45, 7) is 0.159. The first-order valence-electron chi connectivity index (χ1n) is 6.24. The molecule has 0 atom stereocenters. The van der Waals surface area contributed by atoms with E-state index in [1.54, 1.807) is 42.9 Å². The smallest absolute Gasteiger partial charge is 0.253 e. The van der Waals surface area contributed by atoms with Crippen LogP contribution in [0.3, 0.4) is 0 Å². The lowest BCUT2D eigenvalue weighted by Crippen LogP contribution is -2.23. The molecule has 3 aromatic rings. The normalized spacial score (nSPS) is 10.3. The molecule has 0 aliphatic rings. The van der Waals surface area contributed by atoms with Crippen LogP contribution >= 0.6 is 0 Å². The Kier molecular flexibility index (Phi) is 3.64. The summed E-state index contributed by atoms with van der Waals surface area (Å²) in [4.78, 5) is 19.6. The van der Waals surface area contributed by atoms with Crippen LogP contribution < -0.4 is 5.32 Å². The summed E-state index contributed by atoms with van der Waals surface area (Å²) in [5, 5.41) is 10.5. The lowest BCUT2D eigenvalue weighted by atomic mass is 10.3. The van der Waals surface area contributed by atoms with Crippen molar-refractivity contribution in [2.24, 2.45) is 0 Å². The van der Waals surface area contributed by atoms with Crippen LogP contribution in [0.25, 0.3) is 11.5 Å². The van der Waals surface area contributed by atoms with Crippen molar-refractivity contribution in [2.45, 2.75) is 6.54 Å². The van der Waals surface area contributed by atoms with E-state index in [9.17, 15) is 4.79 Å². The Labute approximate surface area is 120 Å². The van der Waals surface area contributed by atoms with Gasteiger partial charge in [-0.25, -0.2) is 0 Å². The molecular weight excluding hydrogens is 270 g/mol. The molecule has 0 spiro atoms. The Bertz CT molecular complexity index is 727. The average molecular weight is 281 g/mol. The molecule has 21 heavy (non-hydrogen) atoms. The maximum atomic E-state index is 11.8. The van der Waals surface area contributed by atoms with Gasteiger partial charge in [-0.2, -0.15) is 0 Å². The summed E-state index contributed by atoms with van der Waals surface area (Å²) in [7, 11) is 0. The Hall–Kier alpha value is -3.09. The third-order valence-electron chi connectivity index (χ3n) is 2.72. The zero-order valence-corrected chi connectivity index (χ0v) is 10.9. The van der Waals surface area contributed by atoms with Gasteiger partial charge in [-0.05, 0) is 24.3 Å². The fourth-order valence-corrected chi connectivity index (χ4v) is 1.69. The summed E-state index contributed by atoms with van der Waals surface area (Å²) in [6.07, 6.45) is 6.38. The third kappa shape index (κ3) is 3.08. The number of nitrogens with zero attached hydrogens (tertiary/aromatic N) is 4. The highest BCUT2D eigenvalue weighted by atomic mass is 16.4. The van der Waals surface area contributed by atoms with E-state index in [0.29, 0.717) is 17.3 Å². The van der Waals surface area contributed by atoms with E-state index in [4.69, 9.17) is 4.42 Å². The molecule has 3 heterocycles. The molecular formula is C14H11N5O2. The molecule has 1 N–H and O–H groups in total. The molecule has 0 radical (unpaired) electrons. The van der Waals surface area contributed by atoms with E-state index in [2.05, 4.69) is 25.5 Å². The number of pyridine rings is 2. The van der Waals surface area contributed by atoms with E-state index in [-0.39, 0.29) is 12.5 Å². The van der Waals surface area contributed by atoms with Gasteiger partial charge in [-0.1, -0.05) is 0 Å². The van der Waals surface area contributed by atoms with Crippen molar-refractivity contribution in [1.29, 1.82) is 0 Å². The van der Waals surface area contributed by atoms with Gasteiger partial charge in [0.1, 0.15) is 0 Å². The van der Waals surface area contributed by atoms with E-state index in [0.717, 1.165) is 5.56 Å². The van der Waals surface area contributed by atoms with Crippen molar-refractivity contribution < 1.29 is 9.21 Å². The largest absolute Gasteiger partial charge is 0.419 e. The molecule has 7 heteroatoms. The summed E-state index contributed by atoms with van der Waals surface area (Å²) < 4.78 is 5.48. The van der Waals surface area contributed by atoms with Crippen LogP contribution in [0.4, 0.5) is 0 Å². The van der Waals surface area contributed by atoms with Crippen LogP contribution in [0.15, 0.2) is 53.5 Å². The van der Waals surface area contributed by atoms with Gasteiger partial charge in [0, 0.05) is 30.4 Å². The fourth-order valence-electron chi connectivity index (χ4n) is 1.69. The van der Waals surface area contributed by atoms with Gasteiger partial charge in [0.05, 0.1) is 12.1 Å². The molecule has 0 aliphatic heterocycles. The SMILES string of the molecule is O=C(NCc1nnc(-c2ccncc2)o1)c1cccnc1. The quantitative estimate of drug-likeness (QED) is 0.778. The minimum Gasteiger partial charge on any atom is -0.419 e. The molecule has 0 fully saturated rings. The first kappa shape index (κ1) is 12.9. The number of carbonyl (C=O) groups excluding carboxylic acids is 1.